The molecule has 0 aliphatic rings. The van der Waals surface area contributed by atoms with Crippen LogP contribution in [0.15, 0.2) is 71.6 Å². The Morgan fingerprint density at radius 2 is 1.67 bits per heavy atom. The van der Waals surface area contributed by atoms with Gasteiger partial charge in [-0.25, -0.2) is 8.42 Å². The summed E-state index contributed by atoms with van der Waals surface area (Å²) in [6.07, 6.45) is 0.755. The fraction of sp³-hybridized carbons (Fsp3) is 0.259. The molecule has 0 fully saturated rings. The quantitative estimate of drug-likeness (QED) is 0.393. The Labute approximate surface area is 217 Å². The normalized spacial score (nSPS) is 12.0. The number of amides is 2. The van der Waals surface area contributed by atoms with Crippen molar-refractivity contribution in [2.45, 2.75) is 45.1 Å². The molecule has 9 heteroatoms. The first-order valence-corrected chi connectivity index (χ1v) is 13.4. The molecule has 3 aromatic carbocycles. The molecule has 2 N–H and O–H groups in total. The molecule has 3 rings (SSSR count). The van der Waals surface area contributed by atoms with Gasteiger partial charge < -0.3 is 10.6 Å². The zero-order valence-corrected chi connectivity index (χ0v) is 22.3. The molecule has 0 aromatic heterocycles. The molecule has 0 radical (unpaired) electrons. The maximum atomic E-state index is 13.7. The zero-order valence-electron chi connectivity index (χ0n) is 20.7. The van der Waals surface area contributed by atoms with E-state index in [1.807, 2.05) is 20.8 Å². The van der Waals surface area contributed by atoms with E-state index in [1.165, 1.54) is 18.2 Å². The summed E-state index contributed by atoms with van der Waals surface area (Å²) in [5.41, 5.74) is 2.42. The van der Waals surface area contributed by atoms with Crippen molar-refractivity contribution in [3.8, 4) is 0 Å². The van der Waals surface area contributed by atoms with E-state index in [4.69, 9.17) is 11.6 Å². The van der Waals surface area contributed by atoms with E-state index < -0.39 is 22.5 Å². The highest BCUT2D eigenvalue weighted by Gasteiger charge is 2.29. The zero-order chi connectivity index (χ0) is 26.5. The van der Waals surface area contributed by atoms with Crippen LogP contribution in [0, 0.1) is 13.8 Å². The van der Waals surface area contributed by atoms with Crippen molar-refractivity contribution in [3.05, 3.63) is 88.4 Å². The van der Waals surface area contributed by atoms with Gasteiger partial charge in [-0.05, 0) is 69.2 Å². The van der Waals surface area contributed by atoms with E-state index in [9.17, 15) is 18.0 Å². The van der Waals surface area contributed by atoms with Crippen molar-refractivity contribution in [3.63, 3.8) is 0 Å². The maximum absolute atomic E-state index is 13.7. The number of hydrogen-bond acceptors (Lipinski definition) is 4. The number of nitrogens with zero attached hydrogens (tertiary/aromatic N) is 1. The number of halogens is 1. The number of carbonyl (C=O) groups excluding carboxylic acids is 2. The smallest absolute Gasteiger partial charge is 0.264 e. The van der Waals surface area contributed by atoms with Crippen molar-refractivity contribution < 1.29 is 18.0 Å². The number of para-hydroxylation sites is 1. The van der Waals surface area contributed by atoms with Crippen LogP contribution in [0.25, 0.3) is 0 Å². The number of nitrogens with one attached hydrogen (secondary N) is 2. The summed E-state index contributed by atoms with van der Waals surface area (Å²) in [5, 5.41) is 5.93. The molecule has 0 spiro atoms. The first kappa shape index (κ1) is 27.2. The lowest BCUT2D eigenvalue weighted by molar-refractivity contribution is -0.114. The van der Waals surface area contributed by atoms with Crippen LogP contribution in [-0.4, -0.2) is 32.8 Å². The minimum Gasteiger partial charge on any atom is -0.350 e. The molecule has 0 saturated heterocycles. The number of anilines is 2. The highest BCUT2D eigenvalue weighted by molar-refractivity contribution is 7.92. The number of hydrogen-bond donors (Lipinski definition) is 2. The monoisotopic (exact) mass is 527 g/mol. The Kier molecular flexibility index (Phi) is 8.76. The number of rotatable bonds is 9. The molecule has 2 amide bonds. The molecule has 36 heavy (non-hydrogen) atoms. The summed E-state index contributed by atoms with van der Waals surface area (Å²) in [5.74, 6) is -0.927. The van der Waals surface area contributed by atoms with Gasteiger partial charge in [0.1, 0.15) is 6.54 Å². The Morgan fingerprint density at radius 3 is 2.33 bits per heavy atom. The Morgan fingerprint density at radius 1 is 1.00 bits per heavy atom. The second-order valence-electron chi connectivity index (χ2n) is 8.63. The van der Waals surface area contributed by atoms with Gasteiger partial charge in [-0.1, -0.05) is 54.4 Å². The van der Waals surface area contributed by atoms with Gasteiger partial charge >= 0.3 is 0 Å². The van der Waals surface area contributed by atoms with E-state index in [0.29, 0.717) is 22.0 Å². The lowest BCUT2D eigenvalue weighted by Crippen LogP contribution is -2.39. The van der Waals surface area contributed by atoms with E-state index in [1.54, 1.807) is 55.5 Å². The summed E-state index contributed by atoms with van der Waals surface area (Å²) in [6, 6.07) is 17.8. The number of carbonyl (C=O) groups is 2. The SMILES string of the molecule is CC[C@@H](C)NC(=O)c1ccccc1NC(=O)CN(c1cc(Cl)ccc1C)S(=O)(=O)c1ccc(C)cc1. The van der Waals surface area contributed by atoms with Crippen LogP contribution in [-0.2, 0) is 14.8 Å². The summed E-state index contributed by atoms with van der Waals surface area (Å²) in [6.45, 7) is 6.94. The fourth-order valence-electron chi connectivity index (χ4n) is 3.50. The van der Waals surface area contributed by atoms with Gasteiger partial charge in [-0.15, -0.1) is 0 Å². The Bertz CT molecular complexity index is 1360. The van der Waals surface area contributed by atoms with Gasteiger partial charge in [0.25, 0.3) is 15.9 Å². The van der Waals surface area contributed by atoms with Crippen LogP contribution in [0.1, 0.15) is 41.8 Å². The van der Waals surface area contributed by atoms with Gasteiger partial charge in [0.15, 0.2) is 0 Å². The third-order valence-corrected chi connectivity index (χ3v) is 7.78. The Balaban J connectivity index is 1.96. The summed E-state index contributed by atoms with van der Waals surface area (Å²) >= 11 is 6.19. The van der Waals surface area contributed by atoms with Gasteiger partial charge in [0.2, 0.25) is 5.91 Å². The summed E-state index contributed by atoms with van der Waals surface area (Å²) in [7, 11) is -4.11. The third kappa shape index (κ3) is 6.44. The number of sulfonamides is 1. The number of aryl methyl sites for hydroxylation is 2. The maximum Gasteiger partial charge on any atom is 0.264 e. The van der Waals surface area contributed by atoms with E-state index in [0.717, 1.165) is 16.3 Å². The van der Waals surface area contributed by atoms with Gasteiger partial charge in [0.05, 0.1) is 21.8 Å². The van der Waals surface area contributed by atoms with Crippen LogP contribution < -0.4 is 14.9 Å². The van der Waals surface area contributed by atoms with Crippen LogP contribution in [0.5, 0.6) is 0 Å². The van der Waals surface area contributed by atoms with Crippen molar-refractivity contribution >= 4 is 44.8 Å². The van der Waals surface area contributed by atoms with Crippen molar-refractivity contribution in [2.24, 2.45) is 0 Å². The fourth-order valence-corrected chi connectivity index (χ4v) is 5.15. The Hall–Kier alpha value is -3.36. The first-order valence-electron chi connectivity index (χ1n) is 11.6. The molecule has 0 unspecified atom stereocenters. The van der Waals surface area contributed by atoms with Crippen molar-refractivity contribution in [1.29, 1.82) is 0 Å². The number of benzene rings is 3. The molecule has 0 bridgehead atoms. The molecular formula is C27H30ClN3O4S. The summed E-state index contributed by atoms with van der Waals surface area (Å²) in [4.78, 5) is 26.0. The first-order chi connectivity index (χ1) is 17.0. The molecular weight excluding hydrogens is 498 g/mol. The molecule has 190 valence electrons. The predicted octanol–water partition coefficient (Wildman–Crippen LogP) is 5.32. The second kappa shape index (κ2) is 11.6. The molecule has 1 atom stereocenters. The molecule has 0 aliphatic carbocycles. The topological polar surface area (TPSA) is 95.6 Å². The standard InChI is InChI=1S/C27H30ClN3O4S/c1-5-20(4)29-27(33)23-8-6-7-9-24(23)30-26(32)17-31(25-16-21(28)13-12-19(25)3)36(34,35)22-14-10-18(2)11-15-22/h6-16,20H,5,17H2,1-4H3,(H,29,33)(H,30,32)/t20-/m1/s1. The third-order valence-electron chi connectivity index (χ3n) is 5.77. The predicted molar refractivity (Wildman–Crippen MR) is 144 cm³/mol. The van der Waals surface area contributed by atoms with Crippen LogP contribution >= 0.6 is 11.6 Å². The van der Waals surface area contributed by atoms with Crippen LogP contribution in [0.3, 0.4) is 0 Å². The minimum atomic E-state index is -4.11. The summed E-state index contributed by atoms with van der Waals surface area (Å²) < 4.78 is 28.4. The highest BCUT2D eigenvalue weighted by atomic mass is 35.5. The molecule has 0 heterocycles. The average Bonchev–Trinajstić information content (AvgIpc) is 2.84. The second-order valence-corrected chi connectivity index (χ2v) is 10.9. The van der Waals surface area contributed by atoms with Crippen LogP contribution in [0.2, 0.25) is 5.02 Å². The van der Waals surface area contributed by atoms with Crippen molar-refractivity contribution in [2.75, 3.05) is 16.2 Å². The highest BCUT2D eigenvalue weighted by Crippen LogP contribution is 2.30. The average molecular weight is 528 g/mol. The molecule has 3 aromatic rings. The van der Waals surface area contributed by atoms with E-state index in [-0.39, 0.29) is 22.4 Å². The van der Waals surface area contributed by atoms with Gasteiger partial charge in [-0.3, -0.25) is 13.9 Å². The van der Waals surface area contributed by atoms with Crippen molar-refractivity contribution in [1.82, 2.24) is 5.32 Å². The minimum absolute atomic E-state index is 0.0396. The largest absolute Gasteiger partial charge is 0.350 e. The van der Waals surface area contributed by atoms with Gasteiger partial charge in [-0.2, -0.15) is 0 Å². The van der Waals surface area contributed by atoms with E-state index >= 15 is 0 Å². The van der Waals surface area contributed by atoms with Gasteiger partial charge in [0, 0.05) is 11.1 Å². The molecule has 7 nitrogen and oxygen atoms in total. The van der Waals surface area contributed by atoms with E-state index in [2.05, 4.69) is 10.6 Å². The lowest BCUT2D eigenvalue weighted by Gasteiger charge is -2.26. The lowest BCUT2D eigenvalue weighted by atomic mass is 10.1. The van der Waals surface area contributed by atoms with Crippen LogP contribution in [0.4, 0.5) is 11.4 Å². The molecule has 0 saturated carbocycles. The molecule has 0 aliphatic heterocycles.